The first kappa shape index (κ1) is 28.1. The molecule has 4 unspecified atom stereocenters. The van der Waals surface area contributed by atoms with E-state index in [4.69, 9.17) is 22.3 Å². The second kappa shape index (κ2) is 14.1. The van der Waals surface area contributed by atoms with E-state index in [2.05, 4.69) is 20.9 Å². The molecule has 3 amide bonds. The van der Waals surface area contributed by atoms with E-state index in [-0.39, 0.29) is 31.3 Å². The third kappa shape index (κ3) is 11.7. The molecule has 0 spiro atoms. The second-order valence-corrected chi connectivity index (χ2v) is 7.56. The number of nitrogens with two attached hydrogens (primary N) is 3. The SMILES string of the molecule is CC(C)CC(NC(=O)C(N)CO)C(=O)NC(C)C(=O)NC(CCCN=C(N)N)C(=O)O. The lowest BCUT2D eigenvalue weighted by Gasteiger charge is -2.24. The van der Waals surface area contributed by atoms with Gasteiger partial charge in [-0.25, -0.2) is 4.79 Å². The van der Waals surface area contributed by atoms with Crippen LogP contribution >= 0.6 is 0 Å². The van der Waals surface area contributed by atoms with Crippen LogP contribution in [-0.2, 0) is 19.2 Å². The molecule has 31 heavy (non-hydrogen) atoms. The molecule has 4 atom stereocenters. The quantitative estimate of drug-likeness (QED) is 0.0769. The molecule has 0 saturated carbocycles. The number of carboxylic acids is 1. The summed E-state index contributed by atoms with van der Waals surface area (Å²) in [7, 11) is 0. The van der Waals surface area contributed by atoms with Crippen LogP contribution in [-0.4, -0.2) is 77.2 Å². The highest BCUT2D eigenvalue weighted by Crippen LogP contribution is 2.06. The standard InChI is InChI=1S/C18H35N7O6/c1-9(2)7-13(25-15(28)11(19)8-26)16(29)23-10(3)14(27)24-12(17(30)31)5-4-6-22-18(20)21/h9-13,26H,4-8,19H2,1-3H3,(H,23,29)(H,24,27)(H,25,28)(H,30,31)(H4,20,21,22). The van der Waals surface area contributed by atoms with Gasteiger partial charge in [-0.2, -0.15) is 0 Å². The summed E-state index contributed by atoms with van der Waals surface area (Å²) >= 11 is 0. The Morgan fingerprint density at radius 1 is 0.935 bits per heavy atom. The number of aliphatic hydroxyl groups excluding tert-OH is 1. The number of carbonyl (C=O) groups excluding carboxylic acids is 3. The lowest BCUT2D eigenvalue weighted by atomic mass is 10.0. The van der Waals surface area contributed by atoms with E-state index in [0.29, 0.717) is 6.42 Å². The van der Waals surface area contributed by atoms with Gasteiger partial charge in [-0.15, -0.1) is 0 Å². The van der Waals surface area contributed by atoms with Crippen molar-refractivity contribution in [3.8, 4) is 0 Å². The summed E-state index contributed by atoms with van der Waals surface area (Å²) in [6, 6.07) is -4.41. The van der Waals surface area contributed by atoms with Crippen molar-refractivity contribution in [3.63, 3.8) is 0 Å². The van der Waals surface area contributed by atoms with Crippen LogP contribution in [0.15, 0.2) is 4.99 Å². The number of carbonyl (C=O) groups is 4. The number of guanidine groups is 1. The van der Waals surface area contributed by atoms with Crippen LogP contribution in [0.2, 0.25) is 0 Å². The lowest BCUT2D eigenvalue weighted by Crippen LogP contribution is -2.56. The summed E-state index contributed by atoms with van der Waals surface area (Å²) < 4.78 is 0. The Morgan fingerprint density at radius 2 is 1.52 bits per heavy atom. The zero-order chi connectivity index (χ0) is 24.1. The maximum Gasteiger partial charge on any atom is 0.326 e. The molecule has 13 nitrogen and oxygen atoms in total. The fourth-order valence-corrected chi connectivity index (χ4v) is 2.50. The van der Waals surface area contributed by atoms with Crippen molar-refractivity contribution in [2.24, 2.45) is 28.1 Å². The molecule has 0 aliphatic carbocycles. The number of aliphatic imine (C=N–C) groups is 1. The monoisotopic (exact) mass is 445 g/mol. The Kier molecular flexibility index (Phi) is 12.8. The van der Waals surface area contributed by atoms with Gasteiger partial charge in [-0.3, -0.25) is 19.4 Å². The average Bonchev–Trinajstić information content (AvgIpc) is 2.67. The smallest absolute Gasteiger partial charge is 0.326 e. The Balaban J connectivity index is 4.95. The Morgan fingerprint density at radius 3 is 2.00 bits per heavy atom. The zero-order valence-electron chi connectivity index (χ0n) is 18.1. The van der Waals surface area contributed by atoms with Gasteiger partial charge < -0.3 is 43.4 Å². The van der Waals surface area contributed by atoms with Crippen molar-refractivity contribution in [1.29, 1.82) is 0 Å². The minimum Gasteiger partial charge on any atom is -0.480 e. The molecule has 13 heteroatoms. The molecule has 0 aromatic heterocycles. The first-order valence-corrected chi connectivity index (χ1v) is 9.94. The molecule has 0 bridgehead atoms. The molecular formula is C18H35N7O6. The van der Waals surface area contributed by atoms with Crippen LogP contribution in [0.3, 0.4) is 0 Å². The summed E-state index contributed by atoms with van der Waals surface area (Å²) in [4.78, 5) is 52.0. The molecule has 0 aromatic carbocycles. The summed E-state index contributed by atoms with van der Waals surface area (Å²) in [5.74, 6) is -3.35. The number of hydrogen-bond acceptors (Lipinski definition) is 7. The van der Waals surface area contributed by atoms with Crippen LogP contribution in [0.25, 0.3) is 0 Å². The molecule has 0 radical (unpaired) electrons. The van der Waals surface area contributed by atoms with Crippen molar-refractivity contribution in [2.45, 2.75) is 64.2 Å². The molecular weight excluding hydrogens is 410 g/mol. The number of rotatable bonds is 14. The number of amides is 3. The third-order valence-electron chi connectivity index (χ3n) is 4.19. The van der Waals surface area contributed by atoms with E-state index in [1.165, 1.54) is 6.92 Å². The summed E-state index contributed by atoms with van der Waals surface area (Å²) in [5.41, 5.74) is 15.9. The van der Waals surface area contributed by atoms with Gasteiger partial charge in [-0.1, -0.05) is 13.8 Å². The first-order chi connectivity index (χ1) is 14.4. The van der Waals surface area contributed by atoms with Crippen molar-refractivity contribution < 1.29 is 29.4 Å². The normalized spacial score (nSPS) is 14.6. The molecule has 0 saturated heterocycles. The van der Waals surface area contributed by atoms with Crippen molar-refractivity contribution in [2.75, 3.05) is 13.2 Å². The van der Waals surface area contributed by atoms with Gasteiger partial charge in [-0.05, 0) is 32.1 Å². The lowest BCUT2D eigenvalue weighted by molar-refractivity contribution is -0.142. The van der Waals surface area contributed by atoms with Gasteiger partial charge in [0.1, 0.15) is 24.2 Å². The van der Waals surface area contributed by atoms with Gasteiger partial charge in [0.2, 0.25) is 17.7 Å². The van der Waals surface area contributed by atoms with Gasteiger partial charge >= 0.3 is 5.97 Å². The minimum absolute atomic E-state index is 0.0344. The van der Waals surface area contributed by atoms with E-state index < -0.39 is 54.5 Å². The fraction of sp³-hybridized carbons (Fsp3) is 0.722. The Labute approximate surface area is 181 Å². The Bertz CT molecular complexity index is 651. The summed E-state index contributed by atoms with van der Waals surface area (Å²) in [5, 5.41) is 25.5. The van der Waals surface area contributed by atoms with Crippen molar-refractivity contribution in [1.82, 2.24) is 16.0 Å². The van der Waals surface area contributed by atoms with Crippen LogP contribution in [0, 0.1) is 5.92 Å². The highest BCUT2D eigenvalue weighted by atomic mass is 16.4. The third-order valence-corrected chi connectivity index (χ3v) is 4.19. The number of aliphatic carboxylic acids is 1. The maximum atomic E-state index is 12.6. The van der Waals surface area contributed by atoms with E-state index in [0.717, 1.165) is 0 Å². The summed E-state index contributed by atoms with van der Waals surface area (Å²) in [6.45, 7) is 4.70. The Hall–Kier alpha value is -2.93. The van der Waals surface area contributed by atoms with E-state index in [9.17, 15) is 24.3 Å². The van der Waals surface area contributed by atoms with Gasteiger partial charge in [0.25, 0.3) is 0 Å². The van der Waals surface area contributed by atoms with Crippen LogP contribution < -0.4 is 33.2 Å². The molecule has 0 aromatic rings. The molecule has 0 heterocycles. The van der Waals surface area contributed by atoms with Crippen LogP contribution in [0.4, 0.5) is 0 Å². The molecule has 11 N–H and O–H groups in total. The predicted molar refractivity (Wildman–Crippen MR) is 114 cm³/mol. The van der Waals surface area contributed by atoms with Crippen molar-refractivity contribution >= 4 is 29.7 Å². The number of aliphatic hydroxyl groups is 1. The number of nitrogens with zero attached hydrogens (tertiary/aromatic N) is 1. The fourth-order valence-electron chi connectivity index (χ4n) is 2.50. The number of hydrogen-bond donors (Lipinski definition) is 8. The first-order valence-electron chi connectivity index (χ1n) is 9.94. The minimum atomic E-state index is -1.24. The molecule has 178 valence electrons. The van der Waals surface area contributed by atoms with E-state index in [1.54, 1.807) is 0 Å². The maximum absolute atomic E-state index is 12.6. The number of carboxylic acid groups (broad SMARTS) is 1. The molecule has 0 fully saturated rings. The molecule has 0 aliphatic rings. The summed E-state index contributed by atoms with van der Waals surface area (Å²) in [6.07, 6.45) is 0.680. The topological polar surface area (TPSA) is 235 Å². The zero-order valence-corrected chi connectivity index (χ0v) is 18.1. The predicted octanol–water partition coefficient (Wildman–Crippen LogP) is -3.04. The van der Waals surface area contributed by atoms with Gasteiger partial charge in [0.05, 0.1) is 6.61 Å². The average molecular weight is 446 g/mol. The highest BCUT2D eigenvalue weighted by molar-refractivity contribution is 5.93. The van der Waals surface area contributed by atoms with Crippen LogP contribution in [0.1, 0.15) is 40.0 Å². The van der Waals surface area contributed by atoms with E-state index in [1.807, 2.05) is 13.8 Å². The van der Waals surface area contributed by atoms with Crippen LogP contribution in [0.5, 0.6) is 0 Å². The van der Waals surface area contributed by atoms with Gasteiger partial charge in [0.15, 0.2) is 5.96 Å². The van der Waals surface area contributed by atoms with Gasteiger partial charge in [0, 0.05) is 6.54 Å². The van der Waals surface area contributed by atoms with E-state index >= 15 is 0 Å². The highest BCUT2D eigenvalue weighted by Gasteiger charge is 2.28. The molecule has 0 aliphatic heterocycles. The second-order valence-electron chi connectivity index (χ2n) is 7.56. The number of nitrogens with one attached hydrogen (secondary N) is 3. The van der Waals surface area contributed by atoms with Crippen molar-refractivity contribution in [3.05, 3.63) is 0 Å². The molecule has 0 rings (SSSR count). The largest absolute Gasteiger partial charge is 0.480 e.